The lowest BCUT2D eigenvalue weighted by Gasteiger charge is -2.32. The van der Waals surface area contributed by atoms with Crippen LogP contribution >= 0.6 is 0 Å². The Morgan fingerprint density at radius 1 is 1.10 bits per heavy atom. The molecule has 2 amide bonds. The number of hydrogen-bond donors (Lipinski definition) is 2. The van der Waals surface area contributed by atoms with E-state index in [0.29, 0.717) is 31.6 Å². The van der Waals surface area contributed by atoms with Gasteiger partial charge in [0.1, 0.15) is 11.5 Å². The molecule has 1 saturated heterocycles. The second-order valence-electron chi connectivity index (χ2n) is 7.75. The number of rotatable bonds is 3. The molecule has 0 saturated carbocycles. The van der Waals surface area contributed by atoms with Gasteiger partial charge in [0, 0.05) is 30.0 Å². The lowest BCUT2D eigenvalue weighted by Crippen LogP contribution is -2.46. The number of amides is 2. The normalized spacial score (nSPS) is 14.9. The zero-order chi connectivity index (χ0) is 20.5. The number of nitrogens with zero attached hydrogens (tertiary/aromatic N) is 1. The molecule has 0 radical (unpaired) electrons. The second kappa shape index (κ2) is 7.70. The van der Waals surface area contributed by atoms with Gasteiger partial charge in [0.15, 0.2) is 0 Å². The standard InChI is InChI=1S/C23H24FN3O2/c1-14-11-15(2)18-13-21(26-20(18)12-14)22(28)25-16-7-9-27(10-8-16)23(29)17-5-3-4-6-19(17)24/h3-6,11-13,16,26H,7-10H2,1-2H3,(H,25,28). The quantitative estimate of drug-likeness (QED) is 0.707. The van der Waals surface area contributed by atoms with E-state index in [2.05, 4.69) is 16.4 Å². The molecule has 1 aromatic heterocycles. The number of aromatic amines is 1. The van der Waals surface area contributed by atoms with E-state index in [1.807, 2.05) is 26.0 Å². The number of carbonyl (C=O) groups excluding carboxylic acids is 2. The number of benzene rings is 2. The number of likely N-dealkylation sites (tertiary alicyclic amines) is 1. The van der Waals surface area contributed by atoms with E-state index >= 15 is 0 Å². The molecule has 0 aliphatic carbocycles. The average molecular weight is 393 g/mol. The van der Waals surface area contributed by atoms with Crippen molar-refractivity contribution in [1.82, 2.24) is 15.2 Å². The van der Waals surface area contributed by atoms with Crippen molar-refractivity contribution >= 4 is 22.7 Å². The Morgan fingerprint density at radius 3 is 2.55 bits per heavy atom. The van der Waals surface area contributed by atoms with Crippen molar-refractivity contribution in [3.05, 3.63) is 70.7 Å². The van der Waals surface area contributed by atoms with Gasteiger partial charge in [-0.2, -0.15) is 0 Å². The average Bonchev–Trinajstić information content (AvgIpc) is 3.13. The van der Waals surface area contributed by atoms with Gasteiger partial charge in [0.05, 0.1) is 5.56 Å². The number of piperidine rings is 1. The molecule has 0 unspecified atom stereocenters. The van der Waals surface area contributed by atoms with Gasteiger partial charge in [-0.1, -0.05) is 18.2 Å². The van der Waals surface area contributed by atoms with Crippen molar-refractivity contribution in [2.45, 2.75) is 32.7 Å². The summed E-state index contributed by atoms with van der Waals surface area (Å²) in [4.78, 5) is 30.1. The molecular weight excluding hydrogens is 369 g/mol. The highest BCUT2D eigenvalue weighted by Gasteiger charge is 2.26. The molecule has 2 aromatic carbocycles. The highest BCUT2D eigenvalue weighted by atomic mass is 19.1. The van der Waals surface area contributed by atoms with E-state index in [9.17, 15) is 14.0 Å². The fourth-order valence-corrected chi connectivity index (χ4v) is 4.02. The summed E-state index contributed by atoms with van der Waals surface area (Å²) in [6.07, 6.45) is 1.29. The first-order valence-electron chi connectivity index (χ1n) is 9.87. The minimum atomic E-state index is -0.503. The van der Waals surface area contributed by atoms with Gasteiger partial charge in [-0.05, 0) is 62.1 Å². The number of aryl methyl sites for hydroxylation is 2. The van der Waals surface area contributed by atoms with Crippen molar-refractivity contribution in [2.24, 2.45) is 0 Å². The van der Waals surface area contributed by atoms with Gasteiger partial charge in [-0.15, -0.1) is 0 Å². The molecule has 1 aliphatic rings. The van der Waals surface area contributed by atoms with Gasteiger partial charge in [-0.25, -0.2) is 4.39 Å². The summed E-state index contributed by atoms with van der Waals surface area (Å²) in [5, 5.41) is 4.11. The maximum Gasteiger partial charge on any atom is 0.267 e. The number of halogens is 1. The summed E-state index contributed by atoms with van der Waals surface area (Å²) in [7, 11) is 0. The largest absolute Gasteiger partial charge is 0.351 e. The van der Waals surface area contributed by atoms with Crippen LogP contribution in [-0.2, 0) is 0 Å². The van der Waals surface area contributed by atoms with Crippen LogP contribution in [0.5, 0.6) is 0 Å². The molecule has 2 heterocycles. The van der Waals surface area contributed by atoms with Crippen molar-refractivity contribution in [3.8, 4) is 0 Å². The van der Waals surface area contributed by atoms with Crippen molar-refractivity contribution in [2.75, 3.05) is 13.1 Å². The van der Waals surface area contributed by atoms with E-state index in [0.717, 1.165) is 22.0 Å². The fourth-order valence-electron chi connectivity index (χ4n) is 4.02. The Bertz CT molecular complexity index is 1080. The van der Waals surface area contributed by atoms with Crippen LogP contribution in [0, 0.1) is 19.7 Å². The minimum Gasteiger partial charge on any atom is -0.351 e. The zero-order valence-electron chi connectivity index (χ0n) is 16.6. The third kappa shape index (κ3) is 3.88. The molecule has 3 aromatic rings. The number of hydrogen-bond acceptors (Lipinski definition) is 2. The van der Waals surface area contributed by atoms with Gasteiger partial charge in [0.2, 0.25) is 0 Å². The van der Waals surface area contributed by atoms with Gasteiger partial charge in [0.25, 0.3) is 11.8 Å². The molecule has 0 atom stereocenters. The topological polar surface area (TPSA) is 65.2 Å². The monoisotopic (exact) mass is 393 g/mol. The predicted octanol–water partition coefficient (Wildman–Crippen LogP) is 3.96. The first kappa shape index (κ1) is 19.2. The molecule has 0 spiro atoms. The molecule has 1 fully saturated rings. The number of carbonyl (C=O) groups is 2. The molecule has 1 aliphatic heterocycles. The number of fused-ring (bicyclic) bond motifs is 1. The Hall–Kier alpha value is -3.15. The zero-order valence-corrected chi connectivity index (χ0v) is 16.6. The summed E-state index contributed by atoms with van der Waals surface area (Å²) in [6, 6.07) is 12.0. The molecule has 4 rings (SSSR count). The molecule has 150 valence electrons. The van der Waals surface area contributed by atoms with Crippen LogP contribution in [0.15, 0.2) is 42.5 Å². The van der Waals surface area contributed by atoms with Crippen LogP contribution in [0.3, 0.4) is 0 Å². The smallest absolute Gasteiger partial charge is 0.267 e. The summed E-state index contributed by atoms with van der Waals surface area (Å²) < 4.78 is 13.9. The minimum absolute atomic E-state index is 0.0126. The van der Waals surface area contributed by atoms with Crippen LogP contribution in [-0.4, -0.2) is 40.8 Å². The first-order valence-corrected chi connectivity index (χ1v) is 9.87. The molecule has 0 bridgehead atoms. The second-order valence-corrected chi connectivity index (χ2v) is 7.75. The van der Waals surface area contributed by atoms with E-state index < -0.39 is 5.82 Å². The molecule has 29 heavy (non-hydrogen) atoms. The third-order valence-corrected chi connectivity index (χ3v) is 5.56. The van der Waals surface area contributed by atoms with Crippen LogP contribution in [0.25, 0.3) is 10.9 Å². The highest BCUT2D eigenvalue weighted by molar-refractivity contribution is 5.99. The maximum absolute atomic E-state index is 13.9. The van der Waals surface area contributed by atoms with Crippen molar-refractivity contribution < 1.29 is 14.0 Å². The molecule has 2 N–H and O–H groups in total. The number of H-pyrrole nitrogens is 1. The Morgan fingerprint density at radius 2 is 1.83 bits per heavy atom. The summed E-state index contributed by atoms with van der Waals surface area (Å²) in [6.45, 7) is 5.04. The van der Waals surface area contributed by atoms with E-state index in [1.165, 1.54) is 12.1 Å². The lowest BCUT2D eigenvalue weighted by atomic mass is 10.0. The first-order chi connectivity index (χ1) is 13.9. The third-order valence-electron chi connectivity index (χ3n) is 5.56. The molecule has 5 nitrogen and oxygen atoms in total. The van der Waals surface area contributed by atoms with Crippen LogP contribution in [0.1, 0.15) is 44.8 Å². The van der Waals surface area contributed by atoms with Crippen LogP contribution in [0.2, 0.25) is 0 Å². The van der Waals surface area contributed by atoms with E-state index in [-0.39, 0.29) is 23.4 Å². The van der Waals surface area contributed by atoms with Gasteiger partial charge >= 0.3 is 0 Å². The van der Waals surface area contributed by atoms with E-state index in [1.54, 1.807) is 17.0 Å². The highest BCUT2D eigenvalue weighted by Crippen LogP contribution is 2.22. The number of nitrogens with one attached hydrogen (secondary N) is 2. The van der Waals surface area contributed by atoms with Crippen molar-refractivity contribution in [1.29, 1.82) is 0 Å². The Labute approximate surface area is 168 Å². The van der Waals surface area contributed by atoms with Crippen LogP contribution in [0.4, 0.5) is 4.39 Å². The van der Waals surface area contributed by atoms with Crippen molar-refractivity contribution in [3.63, 3.8) is 0 Å². The fraction of sp³-hybridized carbons (Fsp3) is 0.304. The Kier molecular flexibility index (Phi) is 5.09. The van der Waals surface area contributed by atoms with Gasteiger partial charge in [-0.3, -0.25) is 9.59 Å². The van der Waals surface area contributed by atoms with Gasteiger partial charge < -0.3 is 15.2 Å². The van der Waals surface area contributed by atoms with Crippen LogP contribution < -0.4 is 5.32 Å². The predicted molar refractivity (Wildman–Crippen MR) is 111 cm³/mol. The van der Waals surface area contributed by atoms with E-state index in [4.69, 9.17) is 0 Å². The molecular formula is C23H24FN3O2. The lowest BCUT2D eigenvalue weighted by molar-refractivity contribution is 0.0693. The summed E-state index contributed by atoms with van der Waals surface area (Å²) in [5.74, 6) is -0.941. The number of aromatic nitrogens is 1. The Balaban J connectivity index is 1.38. The summed E-state index contributed by atoms with van der Waals surface area (Å²) in [5.41, 5.74) is 3.88. The molecule has 6 heteroatoms. The SMILES string of the molecule is Cc1cc(C)c2cc(C(=O)NC3CCN(C(=O)c4ccccc4F)CC3)[nH]c2c1. The summed E-state index contributed by atoms with van der Waals surface area (Å²) >= 11 is 0. The maximum atomic E-state index is 13.9.